The van der Waals surface area contributed by atoms with Gasteiger partial charge in [0.15, 0.2) is 5.17 Å². The number of carbonyl (C=O) groups is 1. The van der Waals surface area contributed by atoms with Crippen LogP contribution in [0.2, 0.25) is 0 Å². The number of nitrogens with zero attached hydrogens (tertiary/aromatic N) is 1. The second-order valence-corrected chi connectivity index (χ2v) is 7.69. The lowest BCUT2D eigenvalue weighted by atomic mass is 10.2. The second kappa shape index (κ2) is 9.97. The quantitative estimate of drug-likeness (QED) is 0.351. The normalized spacial score (nSPS) is 12.0. The van der Waals surface area contributed by atoms with Gasteiger partial charge in [-0.1, -0.05) is 30.0 Å². The van der Waals surface area contributed by atoms with Crippen LogP contribution in [-0.4, -0.2) is 30.5 Å². The van der Waals surface area contributed by atoms with E-state index in [0.717, 1.165) is 0 Å². The summed E-state index contributed by atoms with van der Waals surface area (Å²) in [7, 11) is 0. The second-order valence-electron chi connectivity index (χ2n) is 3.86. The van der Waals surface area contributed by atoms with Crippen LogP contribution in [0.25, 0.3) is 0 Å². The molecule has 0 aliphatic rings. The highest BCUT2D eigenvalue weighted by molar-refractivity contribution is 8.14. The Morgan fingerprint density at radius 2 is 1.82 bits per heavy atom. The van der Waals surface area contributed by atoms with Crippen molar-refractivity contribution in [3.63, 3.8) is 0 Å². The summed E-state index contributed by atoms with van der Waals surface area (Å²) in [5.41, 5.74) is 5.88. The Morgan fingerprint density at radius 1 is 1.23 bits per heavy atom. The monoisotopic (exact) mass is 361 g/mol. The Kier molecular flexibility index (Phi) is 8.67. The van der Waals surface area contributed by atoms with Crippen molar-refractivity contribution in [3.8, 4) is 0 Å². The molecule has 0 heterocycles. The molecule has 1 aromatic rings. The zero-order valence-electron chi connectivity index (χ0n) is 12.7. The summed E-state index contributed by atoms with van der Waals surface area (Å²) < 4.78 is 15.2. The fraction of sp³-hybridized carbons (Fsp3) is 0.385. The highest BCUT2D eigenvalue weighted by Crippen LogP contribution is 2.50. The minimum Gasteiger partial charge on any atom is -0.313 e. The molecular weight excluding hydrogens is 341 g/mol. The maximum Gasteiger partial charge on any atom is 0.311 e. The zero-order chi connectivity index (χ0) is 16.4. The van der Waals surface area contributed by atoms with Gasteiger partial charge >= 0.3 is 6.64 Å². The van der Waals surface area contributed by atoms with Crippen LogP contribution < -0.4 is 10.9 Å². The number of hydrogen-bond donors (Lipinski definition) is 2. The lowest BCUT2D eigenvalue weighted by Crippen LogP contribution is -2.40. The maximum atomic E-state index is 12.0. The van der Waals surface area contributed by atoms with Crippen LogP contribution in [0.4, 0.5) is 0 Å². The molecule has 0 bridgehead atoms. The third-order valence-electron chi connectivity index (χ3n) is 2.31. The molecule has 0 aromatic heterocycles. The van der Waals surface area contributed by atoms with Crippen molar-refractivity contribution >= 4 is 41.3 Å². The average Bonchev–Trinajstić information content (AvgIpc) is 2.52. The molecule has 0 fully saturated rings. The molecule has 0 radical (unpaired) electrons. The molecule has 0 atom stereocenters. The van der Waals surface area contributed by atoms with Crippen molar-refractivity contribution in [2.24, 2.45) is 4.76 Å². The van der Waals surface area contributed by atoms with Gasteiger partial charge in [-0.2, -0.15) is 4.76 Å². The van der Waals surface area contributed by atoms with Crippen molar-refractivity contribution in [1.29, 1.82) is 0 Å². The molecular formula is C13H20N3O3PS2. The number of benzene rings is 1. The van der Waals surface area contributed by atoms with Gasteiger partial charge in [0.25, 0.3) is 5.91 Å². The van der Waals surface area contributed by atoms with Crippen LogP contribution in [0.1, 0.15) is 24.2 Å². The molecule has 122 valence electrons. The van der Waals surface area contributed by atoms with Crippen LogP contribution in [0.15, 0.2) is 35.1 Å². The molecule has 0 aliphatic heterocycles. The topological polar surface area (TPSA) is 72.0 Å². The fourth-order valence-corrected chi connectivity index (χ4v) is 4.37. The van der Waals surface area contributed by atoms with E-state index in [1.807, 2.05) is 26.2 Å². The number of hydrazine groups is 1. The standard InChI is InChI=1S/C13H20N3O3PS2/c1-4-18-20(21,19-5-2)16-13(22-3)15-14-12(17)11-9-7-6-8-10-11/h6-10H,4-5H2,1-3H3,(H,14,17)(H,15,16,21). The number of thioether (sulfide) groups is 1. The molecule has 0 spiro atoms. The summed E-state index contributed by atoms with van der Waals surface area (Å²) >= 11 is 6.64. The zero-order valence-corrected chi connectivity index (χ0v) is 15.3. The SMILES string of the molecule is CCOP(=S)(/N=C(/NNC(=O)c1ccccc1)SC)OCC. The van der Waals surface area contributed by atoms with E-state index < -0.39 is 6.64 Å². The molecule has 1 aromatic carbocycles. The first-order valence-corrected chi connectivity index (χ1v) is 10.5. The van der Waals surface area contributed by atoms with E-state index in [2.05, 4.69) is 15.6 Å². The molecule has 0 unspecified atom stereocenters. The highest BCUT2D eigenvalue weighted by atomic mass is 32.5. The Hall–Kier alpha value is -0.920. The van der Waals surface area contributed by atoms with E-state index in [1.54, 1.807) is 24.3 Å². The van der Waals surface area contributed by atoms with Crippen LogP contribution in [0.5, 0.6) is 0 Å². The first-order chi connectivity index (χ1) is 10.5. The number of amides is 1. The molecule has 9 heteroatoms. The Morgan fingerprint density at radius 3 is 2.32 bits per heavy atom. The molecule has 0 saturated carbocycles. The summed E-state index contributed by atoms with van der Waals surface area (Å²) in [5, 5.41) is 0.439. The van der Waals surface area contributed by atoms with Gasteiger partial charge in [-0.25, -0.2) is 0 Å². The molecule has 0 saturated heterocycles. The number of hydrogen-bond acceptors (Lipinski definition) is 5. The van der Waals surface area contributed by atoms with E-state index in [0.29, 0.717) is 23.9 Å². The summed E-state index contributed by atoms with van der Waals surface area (Å²) in [6.07, 6.45) is 1.82. The van der Waals surface area contributed by atoms with Gasteiger partial charge in [-0.15, -0.1) is 0 Å². The van der Waals surface area contributed by atoms with E-state index in [9.17, 15) is 4.79 Å². The lowest BCUT2D eigenvalue weighted by molar-refractivity contribution is 0.0944. The van der Waals surface area contributed by atoms with Gasteiger partial charge in [0.05, 0.1) is 13.2 Å². The number of amidine groups is 1. The molecule has 1 rings (SSSR count). The van der Waals surface area contributed by atoms with Crippen molar-refractivity contribution in [1.82, 2.24) is 10.9 Å². The van der Waals surface area contributed by atoms with Crippen LogP contribution >= 0.6 is 18.4 Å². The lowest BCUT2D eigenvalue weighted by Gasteiger charge is -2.18. The van der Waals surface area contributed by atoms with E-state index >= 15 is 0 Å². The summed E-state index contributed by atoms with van der Waals surface area (Å²) in [6.45, 7) is 1.76. The van der Waals surface area contributed by atoms with Crippen molar-refractivity contribution in [2.75, 3.05) is 19.5 Å². The molecule has 6 nitrogen and oxygen atoms in total. The Labute approximate surface area is 140 Å². The van der Waals surface area contributed by atoms with Crippen LogP contribution in [0, 0.1) is 0 Å². The highest BCUT2D eigenvalue weighted by Gasteiger charge is 2.18. The summed E-state index contributed by atoms with van der Waals surface area (Å²) in [6, 6.07) is 8.87. The van der Waals surface area contributed by atoms with Gasteiger partial charge in [-0.05, 0) is 44.0 Å². The van der Waals surface area contributed by atoms with Gasteiger partial charge in [0.2, 0.25) is 0 Å². The van der Waals surface area contributed by atoms with Gasteiger partial charge < -0.3 is 9.05 Å². The van der Waals surface area contributed by atoms with E-state index in [4.69, 9.17) is 20.9 Å². The smallest absolute Gasteiger partial charge is 0.311 e. The number of nitrogens with one attached hydrogen (secondary N) is 2. The predicted octanol–water partition coefficient (Wildman–Crippen LogP) is 2.94. The van der Waals surface area contributed by atoms with Gasteiger partial charge in [0.1, 0.15) is 0 Å². The van der Waals surface area contributed by atoms with Crippen molar-refractivity contribution in [3.05, 3.63) is 35.9 Å². The Balaban J connectivity index is 2.73. The van der Waals surface area contributed by atoms with Crippen molar-refractivity contribution < 1.29 is 13.8 Å². The third-order valence-corrected chi connectivity index (χ3v) is 5.52. The Bertz CT molecular complexity index is 545. The molecule has 1 amide bonds. The molecule has 2 N–H and O–H groups in total. The first kappa shape index (κ1) is 19.1. The predicted molar refractivity (Wildman–Crippen MR) is 95.5 cm³/mol. The number of rotatable bonds is 6. The van der Waals surface area contributed by atoms with Crippen LogP contribution in [-0.2, 0) is 20.9 Å². The van der Waals surface area contributed by atoms with Gasteiger partial charge in [-0.3, -0.25) is 15.6 Å². The van der Waals surface area contributed by atoms with Crippen LogP contribution in [0.3, 0.4) is 0 Å². The maximum absolute atomic E-state index is 12.0. The molecule has 0 aliphatic carbocycles. The number of carbonyl (C=O) groups excluding carboxylic acids is 1. The fourth-order valence-electron chi connectivity index (χ4n) is 1.42. The summed E-state index contributed by atoms with van der Waals surface area (Å²) in [4.78, 5) is 12.0. The average molecular weight is 361 g/mol. The minimum atomic E-state index is -2.74. The minimum absolute atomic E-state index is 0.261. The van der Waals surface area contributed by atoms with Crippen molar-refractivity contribution in [2.45, 2.75) is 13.8 Å². The van der Waals surface area contributed by atoms with E-state index in [-0.39, 0.29) is 5.91 Å². The van der Waals surface area contributed by atoms with E-state index in [1.165, 1.54) is 11.8 Å². The molecule has 22 heavy (non-hydrogen) atoms. The van der Waals surface area contributed by atoms with Gasteiger partial charge in [0, 0.05) is 5.56 Å². The largest absolute Gasteiger partial charge is 0.313 e. The summed E-state index contributed by atoms with van der Waals surface area (Å²) in [5.74, 6) is -0.261. The first-order valence-electron chi connectivity index (χ1n) is 6.69. The third kappa shape index (κ3) is 6.46.